The number of nitrogens with one attached hydrogen (secondary N) is 3. The second kappa shape index (κ2) is 6.23. The summed E-state index contributed by atoms with van der Waals surface area (Å²) in [6, 6.07) is 6.27. The standard InChI is InChI=1S/C13H19N3O3S/c1-14-20(18,19)12-4-2-3-11(7-12)9-16-13(17)15-8-10-5-6-10/h2-4,7,10,14H,5-6,8-9H2,1H3,(H2,15,16,17). The maximum atomic E-state index is 11.7. The summed E-state index contributed by atoms with van der Waals surface area (Å²) in [7, 11) is -2.08. The van der Waals surface area contributed by atoms with Gasteiger partial charge in [-0.15, -0.1) is 0 Å². The van der Waals surface area contributed by atoms with E-state index in [0.29, 0.717) is 19.0 Å². The van der Waals surface area contributed by atoms with Gasteiger partial charge in [0.1, 0.15) is 0 Å². The molecule has 2 rings (SSSR count). The molecule has 3 N–H and O–H groups in total. The van der Waals surface area contributed by atoms with Gasteiger partial charge in [0.15, 0.2) is 0 Å². The summed E-state index contributed by atoms with van der Waals surface area (Å²) in [6.07, 6.45) is 2.37. The lowest BCUT2D eigenvalue weighted by Crippen LogP contribution is -2.36. The molecule has 6 nitrogen and oxygen atoms in total. The number of hydrogen-bond donors (Lipinski definition) is 3. The van der Waals surface area contributed by atoms with Gasteiger partial charge in [0, 0.05) is 13.1 Å². The van der Waals surface area contributed by atoms with Crippen molar-refractivity contribution in [2.75, 3.05) is 13.6 Å². The molecule has 2 amide bonds. The first-order chi connectivity index (χ1) is 9.51. The van der Waals surface area contributed by atoms with Gasteiger partial charge in [0.25, 0.3) is 0 Å². The molecule has 0 aliphatic heterocycles. The normalized spacial score (nSPS) is 14.8. The molecule has 1 aromatic carbocycles. The zero-order valence-corrected chi connectivity index (χ0v) is 12.2. The van der Waals surface area contributed by atoms with Crippen LogP contribution in [0, 0.1) is 5.92 Å². The fourth-order valence-corrected chi connectivity index (χ4v) is 2.54. The Labute approximate surface area is 119 Å². The topological polar surface area (TPSA) is 87.3 Å². The molecule has 7 heteroatoms. The molecule has 0 spiro atoms. The zero-order valence-electron chi connectivity index (χ0n) is 11.3. The Balaban J connectivity index is 1.89. The van der Waals surface area contributed by atoms with E-state index in [1.807, 2.05) is 0 Å². The lowest BCUT2D eigenvalue weighted by molar-refractivity contribution is 0.240. The lowest BCUT2D eigenvalue weighted by atomic mass is 10.2. The fourth-order valence-electron chi connectivity index (χ4n) is 1.74. The van der Waals surface area contributed by atoms with Gasteiger partial charge >= 0.3 is 6.03 Å². The van der Waals surface area contributed by atoms with E-state index in [2.05, 4.69) is 15.4 Å². The largest absolute Gasteiger partial charge is 0.338 e. The molecule has 0 unspecified atom stereocenters. The SMILES string of the molecule is CNS(=O)(=O)c1cccc(CNC(=O)NCC2CC2)c1. The predicted molar refractivity (Wildman–Crippen MR) is 75.6 cm³/mol. The molecular formula is C13H19N3O3S. The Bertz CT molecular complexity index is 582. The number of urea groups is 1. The van der Waals surface area contributed by atoms with Crippen LogP contribution in [0.15, 0.2) is 29.2 Å². The molecule has 110 valence electrons. The summed E-state index contributed by atoms with van der Waals surface area (Å²) in [5.74, 6) is 0.629. The third kappa shape index (κ3) is 4.21. The van der Waals surface area contributed by atoms with Crippen LogP contribution in [0.2, 0.25) is 0 Å². The van der Waals surface area contributed by atoms with Gasteiger partial charge in [-0.25, -0.2) is 17.9 Å². The maximum absolute atomic E-state index is 11.7. The summed E-state index contributed by atoms with van der Waals surface area (Å²) in [6.45, 7) is 1.00. The Morgan fingerprint density at radius 3 is 2.70 bits per heavy atom. The van der Waals surface area contributed by atoms with E-state index in [0.717, 1.165) is 5.56 Å². The van der Waals surface area contributed by atoms with Crippen molar-refractivity contribution in [3.05, 3.63) is 29.8 Å². The van der Waals surface area contributed by atoms with E-state index < -0.39 is 10.0 Å². The van der Waals surface area contributed by atoms with E-state index >= 15 is 0 Å². The summed E-state index contributed by atoms with van der Waals surface area (Å²) in [5, 5.41) is 5.50. The van der Waals surface area contributed by atoms with Crippen molar-refractivity contribution in [1.29, 1.82) is 0 Å². The molecule has 1 saturated carbocycles. The monoisotopic (exact) mass is 297 g/mol. The molecule has 20 heavy (non-hydrogen) atoms. The number of hydrogen-bond acceptors (Lipinski definition) is 3. The third-order valence-electron chi connectivity index (χ3n) is 3.18. The Morgan fingerprint density at radius 1 is 1.30 bits per heavy atom. The molecule has 1 fully saturated rings. The van der Waals surface area contributed by atoms with Gasteiger partial charge < -0.3 is 10.6 Å². The Hall–Kier alpha value is -1.60. The smallest absolute Gasteiger partial charge is 0.315 e. The van der Waals surface area contributed by atoms with Gasteiger partial charge in [-0.2, -0.15) is 0 Å². The van der Waals surface area contributed by atoms with Crippen LogP contribution in [-0.4, -0.2) is 28.0 Å². The van der Waals surface area contributed by atoms with E-state index in [4.69, 9.17) is 0 Å². The highest BCUT2D eigenvalue weighted by Gasteiger charge is 2.21. The highest BCUT2D eigenvalue weighted by molar-refractivity contribution is 7.89. The first-order valence-electron chi connectivity index (χ1n) is 6.55. The number of rotatable bonds is 6. The van der Waals surface area contributed by atoms with Crippen LogP contribution in [0.4, 0.5) is 4.79 Å². The number of benzene rings is 1. The second-order valence-electron chi connectivity index (χ2n) is 4.86. The van der Waals surface area contributed by atoms with E-state index in [9.17, 15) is 13.2 Å². The number of sulfonamides is 1. The molecular weight excluding hydrogens is 278 g/mol. The van der Waals surface area contributed by atoms with Crippen molar-refractivity contribution in [3.63, 3.8) is 0 Å². The van der Waals surface area contributed by atoms with E-state index in [-0.39, 0.29) is 10.9 Å². The molecule has 0 radical (unpaired) electrons. The first kappa shape index (κ1) is 14.8. The first-order valence-corrected chi connectivity index (χ1v) is 8.04. The van der Waals surface area contributed by atoms with Gasteiger partial charge in [-0.05, 0) is 43.5 Å². The molecule has 0 heterocycles. The van der Waals surface area contributed by atoms with Crippen molar-refractivity contribution >= 4 is 16.1 Å². The zero-order chi connectivity index (χ0) is 14.6. The molecule has 1 aliphatic carbocycles. The summed E-state index contributed by atoms with van der Waals surface area (Å²) in [5.41, 5.74) is 0.739. The molecule has 0 atom stereocenters. The van der Waals surface area contributed by atoms with Crippen molar-refractivity contribution < 1.29 is 13.2 Å². The molecule has 0 aromatic heterocycles. The quantitative estimate of drug-likeness (QED) is 0.726. The summed E-state index contributed by atoms with van der Waals surface area (Å²) >= 11 is 0. The Kier molecular flexibility index (Phi) is 4.61. The minimum atomic E-state index is -3.45. The fraction of sp³-hybridized carbons (Fsp3) is 0.462. The van der Waals surface area contributed by atoms with Crippen molar-refractivity contribution in [1.82, 2.24) is 15.4 Å². The van der Waals surface area contributed by atoms with E-state index in [1.165, 1.54) is 26.0 Å². The predicted octanol–water partition coefficient (Wildman–Crippen LogP) is 0.804. The lowest BCUT2D eigenvalue weighted by Gasteiger charge is -2.08. The van der Waals surface area contributed by atoms with Crippen LogP contribution < -0.4 is 15.4 Å². The maximum Gasteiger partial charge on any atom is 0.315 e. The van der Waals surface area contributed by atoms with Crippen LogP contribution >= 0.6 is 0 Å². The highest BCUT2D eigenvalue weighted by atomic mass is 32.2. The summed E-state index contributed by atoms with van der Waals surface area (Å²) < 4.78 is 25.6. The van der Waals surface area contributed by atoms with Gasteiger partial charge in [-0.3, -0.25) is 0 Å². The van der Waals surface area contributed by atoms with Gasteiger partial charge in [0.05, 0.1) is 4.90 Å². The third-order valence-corrected chi connectivity index (χ3v) is 4.59. The van der Waals surface area contributed by atoms with Crippen LogP contribution in [-0.2, 0) is 16.6 Å². The minimum absolute atomic E-state index is 0.192. The summed E-state index contributed by atoms with van der Waals surface area (Å²) in [4.78, 5) is 11.7. The van der Waals surface area contributed by atoms with Crippen LogP contribution in [0.25, 0.3) is 0 Å². The molecule has 0 bridgehead atoms. The molecule has 1 aromatic rings. The number of carbonyl (C=O) groups is 1. The minimum Gasteiger partial charge on any atom is -0.338 e. The van der Waals surface area contributed by atoms with Gasteiger partial charge in [-0.1, -0.05) is 12.1 Å². The van der Waals surface area contributed by atoms with Crippen LogP contribution in [0.5, 0.6) is 0 Å². The number of amides is 2. The van der Waals surface area contributed by atoms with Crippen LogP contribution in [0.1, 0.15) is 18.4 Å². The second-order valence-corrected chi connectivity index (χ2v) is 6.75. The average molecular weight is 297 g/mol. The van der Waals surface area contributed by atoms with Crippen molar-refractivity contribution in [3.8, 4) is 0 Å². The average Bonchev–Trinajstić information content (AvgIpc) is 3.27. The number of carbonyl (C=O) groups excluding carboxylic acids is 1. The van der Waals surface area contributed by atoms with Crippen molar-refractivity contribution in [2.24, 2.45) is 5.92 Å². The van der Waals surface area contributed by atoms with Crippen LogP contribution in [0.3, 0.4) is 0 Å². The van der Waals surface area contributed by atoms with Gasteiger partial charge in [0.2, 0.25) is 10.0 Å². The molecule has 1 aliphatic rings. The molecule has 0 saturated heterocycles. The highest BCUT2D eigenvalue weighted by Crippen LogP contribution is 2.27. The van der Waals surface area contributed by atoms with Crippen molar-refractivity contribution in [2.45, 2.75) is 24.3 Å². The van der Waals surface area contributed by atoms with E-state index in [1.54, 1.807) is 18.2 Å². The Morgan fingerprint density at radius 2 is 2.05 bits per heavy atom.